The van der Waals surface area contributed by atoms with Gasteiger partial charge in [-0.1, -0.05) is 0 Å². The highest BCUT2D eigenvalue weighted by molar-refractivity contribution is 5.56. The van der Waals surface area contributed by atoms with Crippen molar-refractivity contribution in [1.29, 1.82) is 0 Å². The number of hydrogen-bond acceptors (Lipinski definition) is 4. The average molecular weight is 451 g/mol. The summed E-state index contributed by atoms with van der Waals surface area (Å²) >= 11 is 0. The van der Waals surface area contributed by atoms with Crippen LogP contribution in [-0.4, -0.2) is 33.0 Å². The van der Waals surface area contributed by atoms with E-state index in [4.69, 9.17) is 9.47 Å². The molecule has 0 amide bonds. The summed E-state index contributed by atoms with van der Waals surface area (Å²) in [6.45, 7) is 2.73. The Hall–Kier alpha value is -3.05. The molecule has 0 atom stereocenters. The maximum Gasteiger partial charge on any atom is 0.423 e. The van der Waals surface area contributed by atoms with Crippen molar-refractivity contribution in [3.63, 3.8) is 0 Å². The Morgan fingerprint density at radius 3 is 2.16 bits per heavy atom. The van der Waals surface area contributed by atoms with Crippen molar-refractivity contribution in [2.24, 2.45) is 0 Å². The molecule has 0 radical (unpaired) electrons. The Bertz CT molecular complexity index is 1060. The molecule has 0 spiro atoms. The molecule has 0 aliphatic heterocycles. The molecule has 0 saturated heterocycles. The van der Waals surface area contributed by atoms with Gasteiger partial charge in [0.05, 0.1) is 0 Å². The van der Waals surface area contributed by atoms with E-state index in [0.29, 0.717) is 4.40 Å². The quantitative estimate of drug-likeness (QED) is 0.482. The molecule has 0 bridgehead atoms. The number of benzene rings is 1. The fourth-order valence-electron chi connectivity index (χ4n) is 2.78. The SMILES string of the molecule is CC(C)(COc1ccn2c(CC(F)(F)F)nnc2c1C(F)(F)F)Oc1ccc(F)cc1. The third-order valence-electron chi connectivity index (χ3n) is 4.04. The molecule has 3 aromatic rings. The molecule has 1 aromatic carbocycles. The zero-order valence-corrected chi connectivity index (χ0v) is 16.2. The van der Waals surface area contributed by atoms with Crippen molar-refractivity contribution < 1.29 is 40.2 Å². The van der Waals surface area contributed by atoms with Crippen LogP contribution in [0.5, 0.6) is 11.5 Å². The predicted octanol–water partition coefficient (Wildman–Crippen LogP) is 5.23. The number of hydrogen-bond donors (Lipinski definition) is 0. The van der Waals surface area contributed by atoms with Gasteiger partial charge >= 0.3 is 12.4 Å². The Balaban J connectivity index is 1.88. The molecule has 2 aromatic heterocycles. The minimum Gasteiger partial charge on any atom is -0.489 e. The Morgan fingerprint density at radius 2 is 1.58 bits per heavy atom. The lowest BCUT2D eigenvalue weighted by Gasteiger charge is -2.27. The van der Waals surface area contributed by atoms with Crippen LogP contribution in [0, 0.1) is 5.82 Å². The third-order valence-corrected chi connectivity index (χ3v) is 4.04. The van der Waals surface area contributed by atoms with E-state index in [-0.39, 0.29) is 12.4 Å². The summed E-state index contributed by atoms with van der Waals surface area (Å²) in [5, 5.41) is 6.55. The van der Waals surface area contributed by atoms with Crippen molar-refractivity contribution in [2.75, 3.05) is 6.61 Å². The first-order chi connectivity index (χ1) is 14.3. The highest BCUT2D eigenvalue weighted by atomic mass is 19.4. The van der Waals surface area contributed by atoms with E-state index in [9.17, 15) is 30.7 Å². The first kappa shape index (κ1) is 22.6. The van der Waals surface area contributed by atoms with Crippen molar-refractivity contribution in [1.82, 2.24) is 14.6 Å². The summed E-state index contributed by atoms with van der Waals surface area (Å²) in [4.78, 5) is 0. The minimum atomic E-state index is -4.97. The molecular formula is C19H16F7N3O2. The number of aromatic nitrogens is 3. The first-order valence-corrected chi connectivity index (χ1v) is 8.83. The largest absolute Gasteiger partial charge is 0.489 e. The van der Waals surface area contributed by atoms with Crippen LogP contribution in [0.15, 0.2) is 36.5 Å². The van der Waals surface area contributed by atoms with Gasteiger partial charge < -0.3 is 9.47 Å². The second kappa shape index (κ2) is 7.89. The van der Waals surface area contributed by atoms with E-state index in [1.54, 1.807) is 13.8 Å². The Kier molecular flexibility index (Phi) is 5.76. The number of fused-ring (bicyclic) bond motifs is 1. The van der Waals surface area contributed by atoms with E-state index in [2.05, 4.69) is 10.2 Å². The maximum atomic E-state index is 13.7. The van der Waals surface area contributed by atoms with Gasteiger partial charge in [0.15, 0.2) is 5.65 Å². The minimum absolute atomic E-state index is 0.274. The summed E-state index contributed by atoms with van der Waals surface area (Å²) < 4.78 is 104. The number of pyridine rings is 1. The fourth-order valence-corrected chi connectivity index (χ4v) is 2.78. The highest BCUT2D eigenvalue weighted by Gasteiger charge is 2.40. The third kappa shape index (κ3) is 5.56. The Labute approximate surface area is 171 Å². The normalized spacial score (nSPS) is 12.9. The van der Waals surface area contributed by atoms with Gasteiger partial charge in [-0.15, -0.1) is 10.2 Å². The van der Waals surface area contributed by atoms with Gasteiger partial charge in [-0.05, 0) is 44.2 Å². The molecule has 3 rings (SSSR count). The second-order valence-electron chi connectivity index (χ2n) is 7.26. The molecule has 168 valence electrons. The average Bonchev–Trinajstić information content (AvgIpc) is 3.01. The van der Waals surface area contributed by atoms with E-state index < -0.39 is 53.0 Å². The summed E-state index contributed by atoms with van der Waals surface area (Å²) in [6.07, 6.45) is -10.2. The number of ether oxygens (including phenoxy) is 2. The summed E-state index contributed by atoms with van der Waals surface area (Å²) in [6, 6.07) is 5.91. The fraction of sp³-hybridized carbons (Fsp3) is 0.368. The van der Waals surface area contributed by atoms with Gasteiger partial charge in [0.2, 0.25) is 0 Å². The van der Waals surface area contributed by atoms with Gasteiger partial charge in [-0.3, -0.25) is 4.40 Å². The maximum absolute atomic E-state index is 13.7. The van der Waals surface area contributed by atoms with Crippen LogP contribution < -0.4 is 9.47 Å². The monoisotopic (exact) mass is 451 g/mol. The molecule has 0 unspecified atom stereocenters. The molecular weight excluding hydrogens is 435 g/mol. The molecule has 0 N–H and O–H groups in total. The van der Waals surface area contributed by atoms with Gasteiger partial charge in [0.25, 0.3) is 0 Å². The molecule has 31 heavy (non-hydrogen) atoms. The van der Waals surface area contributed by atoms with Crippen molar-refractivity contribution in [2.45, 2.75) is 38.2 Å². The predicted molar refractivity (Wildman–Crippen MR) is 94.4 cm³/mol. The van der Waals surface area contributed by atoms with E-state index in [1.165, 1.54) is 12.1 Å². The lowest BCUT2D eigenvalue weighted by Crippen LogP contribution is -2.36. The molecule has 0 aliphatic rings. The first-order valence-electron chi connectivity index (χ1n) is 8.83. The van der Waals surface area contributed by atoms with Crippen LogP contribution in [0.3, 0.4) is 0 Å². The zero-order chi connectivity index (χ0) is 23.0. The highest BCUT2D eigenvalue weighted by Crippen LogP contribution is 2.39. The summed E-state index contributed by atoms with van der Waals surface area (Å²) in [5.74, 6) is -1.53. The molecule has 0 fully saturated rings. The molecule has 0 aliphatic carbocycles. The van der Waals surface area contributed by atoms with Gasteiger partial charge in [-0.25, -0.2) is 4.39 Å². The number of nitrogens with zero attached hydrogens (tertiary/aromatic N) is 3. The standard InChI is InChI=1S/C19H16F7N3O2/c1-17(2,31-12-5-3-11(20)4-6-12)10-30-13-7-8-29-14(9-18(21,22)23)27-28-16(29)15(13)19(24,25)26/h3-8H,9-10H2,1-2H3. The van der Waals surface area contributed by atoms with E-state index in [1.807, 2.05) is 0 Å². The van der Waals surface area contributed by atoms with Crippen LogP contribution in [0.2, 0.25) is 0 Å². The van der Waals surface area contributed by atoms with E-state index >= 15 is 0 Å². The summed E-state index contributed by atoms with van der Waals surface area (Å²) in [5.41, 5.74) is -3.28. The lowest BCUT2D eigenvalue weighted by molar-refractivity contribution is -0.138. The zero-order valence-electron chi connectivity index (χ0n) is 16.2. The van der Waals surface area contributed by atoms with Gasteiger partial charge in [0.1, 0.15) is 47.3 Å². The van der Waals surface area contributed by atoms with Crippen molar-refractivity contribution in [3.8, 4) is 11.5 Å². The number of rotatable bonds is 6. The molecule has 5 nitrogen and oxygen atoms in total. The van der Waals surface area contributed by atoms with Gasteiger partial charge in [0, 0.05) is 6.20 Å². The lowest BCUT2D eigenvalue weighted by atomic mass is 10.1. The van der Waals surface area contributed by atoms with Crippen LogP contribution in [0.4, 0.5) is 30.7 Å². The smallest absolute Gasteiger partial charge is 0.423 e. The number of halogens is 7. The topological polar surface area (TPSA) is 48.7 Å². The van der Waals surface area contributed by atoms with Crippen LogP contribution in [0.25, 0.3) is 5.65 Å². The number of alkyl halides is 6. The van der Waals surface area contributed by atoms with Crippen molar-refractivity contribution in [3.05, 3.63) is 53.7 Å². The van der Waals surface area contributed by atoms with Crippen LogP contribution in [-0.2, 0) is 12.6 Å². The van der Waals surface area contributed by atoms with Crippen LogP contribution >= 0.6 is 0 Å². The molecule has 0 saturated carbocycles. The summed E-state index contributed by atoms with van der Waals surface area (Å²) in [7, 11) is 0. The molecule has 12 heteroatoms. The van der Waals surface area contributed by atoms with E-state index in [0.717, 1.165) is 24.4 Å². The molecule has 2 heterocycles. The second-order valence-corrected chi connectivity index (χ2v) is 7.26. The van der Waals surface area contributed by atoms with Crippen molar-refractivity contribution >= 4 is 5.65 Å². The van der Waals surface area contributed by atoms with Gasteiger partial charge in [-0.2, -0.15) is 26.3 Å². The Morgan fingerprint density at radius 1 is 0.935 bits per heavy atom. The van der Waals surface area contributed by atoms with Crippen LogP contribution in [0.1, 0.15) is 25.2 Å².